The van der Waals surface area contributed by atoms with Gasteiger partial charge in [0.1, 0.15) is 6.10 Å². The number of aryl methyl sites for hydroxylation is 2. The van der Waals surface area contributed by atoms with Crippen molar-refractivity contribution in [3.8, 4) is 0 Å². The highest BCUT2D eigenvalue weighted by molar-refractivity contribution is 9.10. The topological polar surface area (TPSA) is 50.9 Å². The summed E-state index contributed by atoms with van der Waals surface area (Å²) in [5.74, 6) is 0. The predicted molar refractivity (Wildman–Crippen MR) is 63.9 cm³/mol. The number of aromatic nitrogens is 3. The Morgan fingerprint density at radius 2 is 2.19 bits per heavy atom. The smallest absolute Gasteiger partial charge is 0.139 e. The molecule has 0 fully saturated rings. The van der Waals surface area contributed by atoms with Crippen LogP contribution >= 0.6 is 15.9 Å². The fourth-order valence-corrected chi connectivity index (χ4v) is 2.15. The fraction of sp³-hybridized carbons (Fsp3) is 0.273. The molecule has 0 saturated carbocycles. The van der Waals surface area contributed by atoms with E-state index in [1.54, 1.807) is 24.0 Å². The highest BCUT2D eigenvalue weighted by Gasteiger charge is 2.19. The zero-order chi connectivity index (χ0) is 11.7. The summed E-state index contributed by atoms with van der Waals surface area (Å²) in [4.78, 5) is 4.30. The van der Waals surface area contributed by atoms with E-state index in [9.17, 15) is 5.11 Å². The second-order valence-corrected chi connectivity index (χ2v) is 4.46. The molecule has 2 rings (SSSR count). The molecule has 2 aromatic heterocycles. The van der Waals surface area contributed by atoms with Crippen molar-refractivity contribution in [1.82, 2.24) is 14.8 Å². The van der Waals surface area contributed by atoms with Gasteiger partial charge in [0.25, 0.3) is 0 Å². The van der Waals surface area contributed by atoms with E-state index in [1.807, 2.05) is 19.1 Å². The third kappa shape index (κ3) is 2.01. The van der Waals surface area contributed by atoms with Crippen molar-refractivity contribution in [2.24, 2.45) is 7.05 Å². The average molecular weight is 282 g/mol. The number of aliphatic hydroxyl groups is 1. The van der Waals surface area contributed by atoms with Gasteiger partial charge in [0.2, 0.25) is 0 Å². The van der Waals surface area contributed by atoms with Crippen LogP contribution in [0.3, 0.4) is 0 Å². The maximum atomic E-state index is 10.2. The lowest BCUT2D eigenvalue weighted by molar-refractivity contribution is 0.204. The molecule has 0 amide bonds. The quantitative estimate of drug-likeness (QED) is 0.916. The molecule has 84 valence electrons. The lowest BCUT2D eigenvalue weighted by Crippen LogP contribution is -2.09. The van der Waals surface area contributed by atoms with Crippen molar-refractivity contribution in [2.45, 2.75) is 13.0 Å². The second kappa shape index (κ2) is 4.35. The number of rotatable bonds is 2. The predicted octanol–water partition coefficient (Wildman–Crippen LogP) is 1.97. The number of hydrogen-bond donors (Lipinski definition) is 1. The van der Waals surface area contributed by atoms with Crippen molar-refractivity contribution < 1.29 is 5.11 Å². The van der Waals surface area contributed by atoms with E-state index in [4.69, 9.17) is 0 Å². The van der Waals surface area contributed by atoms with Gasteiger partial charge in [-0.05, 0) is 35.0 Å². The molecular formula is C11H12BrN3O. The van der Waals surface area contributed by atoms with Gasteiger partial charge in [-0.3, -0.25) is 9.67 Å². The van der Waals surface area contributed by atoms with Gasteiger partial charge in [0, 0.05) is 12.7 Å². The van der Waals surface area contributed by atoms with Crippen LogP contribution in [0, 0.1) is 6.92 Å². The minimum absolute atomic E-state index is 0.629. The monoisotopic (exact) mass is 281 g/mol. The Kier molecular flexibility index (Phi) is 3.07. The minimum Gasteiger partial charge on any atom is -0.380 e. The minimum atomic E-state index is -0.762. The van der Waals surface area contributed by atoms with Gasteiger partial charge in [0.05, 0.1) is 22.1 Å². The first kappa shape index (κ1) is 11.3. The van der Waals surface area contributed by atoms with Crippen LogP contribution in [0.25, 0.3) is 0 Å². The zero-order valence-electron chi connectivity index (χ0n) is 9.05. The fourth-order valence-electron chi connectivity index (χ4n) is 1.58. The summed E-state index contributed by atoms with van der Waals surface area (Å²) in [6.45, 7) is 1.90. The Bertz CT molecular complexity index is 490. The number of nitrogens with zero attached hydrogens (tertiary/aromatic N) is 3. The number of pyridine rings is 1. The van der Waals surface area contributed by atoms with Crippen LogP contribution in [0.5, 0.6) is 0 Å². The van der Waals surface area contributed by atoms with E-state index in [2.05, 4.69) is 26.0 Å². The van der Waals surface area contributed by atoms with Crippen LogP contribution in [0.4, 0.5) is 0 Å². The molecule has 2 aromatic rings. The van der Waals surface area contributed by atoms with Crippen molar-refractivity contribution in [1.29, 1.82) is 0 Å². The molecule has 0 aromatic carbocycles. The molecule has 0 aliphatic rings. The number of hydrogen-bond acceptors (Lipinski definition) is 3. The van der Waals surface area contributed by atoms with Crippen LogP contribution in [0.1, 0.15) is 23.2 Å². The Morgan fingerprint density at radius 1 is 1.44 bits per heavy atom. The first-order chi connectivity index (χ1) is 7.59. The standard InChI is InChI=1S/C11H12BrN3O/c1-7-4-3-5-9(14-7)11(16)10-8(12)6-13-15(10)2/h3-6,11,16H,1-2H3. The number of aliphatic hydroxyl groups excluding tert-OH is 1. The summed E-state index contributed by atoms with van der Waals surface area (Å²) in [5.41, 5.74) is 2.22. The molecule has 0 aliphatic carbocycles. The zero-order valence-corrected chi connectivity index (χ0v) is 10.6. The first-order valence-electron chi connectivity index (χ1n) is 4.88. The molecule has 1 unspecified atom stereocenters. The Balaban J connectivity index is 2.43. The second-order valence-electron chi connectivity index (χ2n) is 3.61. The van der Waals surface area contributed by atoms with E-state index >= 15 is 0 Å². The van der Waals surface area contributed by atoms with Gasteiger partial charge >= 0.3 is 0 Å². The third-order valence-corrected chi connectivity index (χ3v) is 3.00. The maximum absolute atomic E-state index is 10.2. The van der Waals surface area contributed by atoms with Gasteiger partial charge in [-0.2, -0.15) is 5.10 Å². The summed E-state index contributed by atoms with van der Waals surface area (Å²) < 4.78 is 2.42. The third-order valence-electron chi connectivity index (χ3n) is 2.39. The van der Waals surface area contributed by atoms with E-state index in [0.29, 0.717) is 11.4 Å². The van der Waals surface area contributed by atoms with Gasteiger partial charge in [0.15, 0.2) is 0 Å². The van der Waals surface area contributed by atoms with Crippen LogP contribution in [-0.4, -0.2) is 19.9 Å². The Labute approximate surface area is 102 Å². The lowest BCUT2D eigenvalue weighted by atomic mass is 10.1. The molecule has 4 nitrogen and oxygen atoms in total. The van der Waals surface area contributed by atoms with E-state index in [1.165, 1.54) is 0 Å². The molecule has 2 heterocycles. The highest BCUT2D eigenvalue weighted by atomic mass is 79.9. The summed E-state index contributed by atoms with van der Waals surface area (Å²) in [6.07, 6.45) is 0.899. The molecule has 0 spiro atoms. The van der Waals surface area contributed by atoms with Gasteiger partial charge in [-0.15, -0.1) is 0 Å². The Hall–Kier alpha value is -1.20. The van der Waals surface area contributed by atoms with Crippen LogP contribution in [-0.2, 0) is 7.05 Å². The molecule has 0 aliphatic heterocycles. The van der Waals surface area contributed by atoms with Crippen LogP contribution < -0.4 is 0 Å². The summed E-state index contributed by atoms with van der Waals surface area (Å²) in [7, 11) is 1.79. The summed E-state index contributed by atoms with van der Waals surface area (Å²) >= 11 is 3.36. The Morgan fingerprint density at radius 3 is 2.75 bits per heavy atom. The number of halogens is 1. The molecular weight excluding hydrogens is 270 g/mol. The molecule has 0 bridgehead atoms. The van der Waals surface area contributed by atoms with Crippen molar-refractivity contribution in [3.63, 3.8) is 0 Å². The lowest BCUT2D eigenvalue weighted by Gasteiger charge is -2.11. The molecule has 0 saturated heterocycles. The van der Waals surface area contributed by atoms with Gasteiger partial charge < -0.3 is 5.11 Å². The van der Waals surface area contributed by atoms with E-state index in [-0.39, 0.29) is 0 Å². The summed E-state index contributed by atoms with van der Waals surface area (Å²) in [6, 6.07) is 5.58. The van der Waals surface area contributed by atoms with Crippen molar-refractivity contribution in [3.05, 3.63) is 46.0 Å². The van der Waals surface area contributed by atoms with Crippen LogP contribution in [0.15, 0.2) is 28.9 Å². The largest absolute Gasteiger partial charge is 0.380 e. The normalized spacial score (nSPS) is 12.8. The van der Waals surface area contributed by atoms with Crippen LogP contribution in [0.2, 0.25) is 0 Å². The van der Waals surface area contributed by atoms with Gasteiger partial charge in [-0.1, -0.05) is 6.07 Å². The first-order valence-corrected chi connectivity index (χ1v) is 5.68. The van der Waals surface area contributed by atoms with Crippen molar-refractivity contribution >= 4 is 15.9 Å². The van der Waals surface area contributed by atoms with E-state index < -0.39 is 6.10 Å². The molecule has 5 heteroatoms. The maximum Gasteiger partial charge on any atom is 0.139 e. The molecule has 16 heavy (non-hydrogen) atoms. The molecule has 1 atom stereocenters. The average Bonchev–Trinajstić information content (AvgIpc) is 2.58. The van der Waals surface area contributed by atoms with Gasteiger partial charge in [-0.25, -0.2) is 0 Å². The highest BCUT2D eigenvalue weighted by Crippen LogP contribution is 2.26. The molecule has 0 radical (unpaired) electrons. The molecule has 1 N–H and O–H groups in total. The summed E-state index contributed by atoms with van der Waals surface area (Å²) in [5, 5.41) is 14.3. The van der Waals surface area contributed by atoms with E-state index in [0.717, 1.165) is 10.2 Å². The SMILES string of the molecule is Cc1cccc(C(O)c2c(Br)cnn2C)n1. The van der Waals surface area contributed by atoms with Crippen molar-refractivity contribution in [2.75, 3.05) is 0 Å².